The molecule has 1 fully saturated rings. The van der Waals surface area contributed by atoms with E-state index in [1.165, 1.54) is 12.1 Å². The van der Waals surface area contributed by atoms with Crippen LogP contribution in [0.25, 0.3) is 0 Å². The maximum atomic E-state index is 13.1. The second kappa shape index (κ2) is 8.66. The number of nitrogens with zero attached hydrogens (tertiary/aromatic N) is 2. The number of amides is 3. The highest BCUT2D eigenvalue weighted by molar-refractivity contribution is 5.78. The van der Waals surface area contributed by atoms with E-state index in [1.807, 2.05) is 6.07 Å². The maximum Gasteiger partial charge on any atom is 0.317 e. The number of carbonyl (C=O) groups excluding carboxylic acids is 2. The largest absolute Gasteiger partial charge is 0.339 e. The molecule has 0 atom stereocenters. The lowest BCUT2D eigenvalue weighted by Gasteiger charge is -2.35. The van der Waals surface area contributed by atoms with Crippen molar-refractivity contribution in [2.75, 3.05) is 32.7 Å². The second-order valence-corrected chi connectivity index (χ2v) is 6.58. The summed E-state index contributed by atoms with van der Waals surface area (Å²) >= 11 is 0. The fourth-order valence-corrected chi connectivity index (χ4v) is 2.66. The Bertz CT molecular complexity index is 569. The van der Waals surface area contributed by atoms with Gasteiger partial charge in [-0.15, -0.1) is 0 Å². The minimum Gasteiger partial charge on any atom is -0.339 e. The molecule has 1 aliphatic heterocycles. The topological polar surface area (TPSA) is 52.7 Å². The van der Waals surface area contributed by atoms with Gasteiger partial charge in [-0.3, -0.25) is 4.79 Å². The summed E-state index contributed by atoms with van der Waals surface area (Å²) in [7, 11) is 0. The molecule has 24 heavy (non-hydrogen) atoms. The Morgan fingerprint density at radius 3 is 2.46 bits per heavy atom. The summed E-state index contributed by atoms with van der Waals surface area (Å²) in [5, 5.41) is 2.90. The van der Waals surface area contributed by atoms with Gasteiger partial charge >= 0.3 is 6.03 Å². The smallest absolute Gasteiger partial charge is 0.317 e. The van der Waals surface area contributed by atoms with E-state index in [0.717, 1.165) is 5.56 Å². The number of urea groups is 1. The molecule has 0 saturated carbocycles. The summed E-state index contributed by atoms with van der Waals surface area (Å²) in [5.74, 6) is 0.196. The van der Waals surface area contributed by atoms with Crippen molar-refractivity contribution in [2.24, 2.45) is 5.92 Å². The standard InChI is InChI=1S/C18H26FN3O2/c1-14(2)13-20-18(24)22-10-8-21(9-11-22)17(23)7-6-15-4-3-5-16(19)12-15/h3-5,12,14H,6-11,13H2,1-2H3,(H,20,24). The lowest BCUT2D eigenvalue weighted by molar-refractivity contribution is -0.132. The third-order valence-corrected chi connectivity index (χ3v) is 4.10. The zero-order valence-electron chi connectivity index (χ0n) is 14.4. The molecule has 5 nitrogen and oxygen atoms in total. The molecule has 0 spiro atoms. The Morgan fingerprint density at radius 2 is 1.83 bits per heavy atom. The number of benzene rings is 1. The van der Waals surface area contributed by atoms with E-state index in [9.17, 15) is 14.0 Å². The first-order chi connectivity index (χ1) is 11.5. The normalized spacial score (nSPS) is 14.8. The van der Waals surface area contributed by atoms with Gasteiger partial charge in [-0.2, -0.15) is 0 Å². The Labute approximate surface area is 142 Å². The molecule has 1 N–H and O–H groups in total. The first kappa shape index (κ1) is 18.2. The molecule has 1 heterocycles. The number of aryl methyl sites for hydroxylation is 1. The molecule has 1 aliphatic rings. The lowest BCUT2D eigenvalue weighted by atomic mass is 10.1. The molecule has 3 amide bonds. The van der Waals surface area contributed by atoms with Crippen molar-refractivity contribution in [1.82, 2.24) is 15.1 Å². The molecule has 6 heteroatoms. The molecule has 0 aliphatic carbocycles. The van der Waals surface area contributed by atoms with Crippen LogP contribution in [0.3, 0.4) is 0 Å². The van der Waals surface area contributed by atoms with Crippen LogP contribution in [0.2, 0.25) is 0 Å². The van der Waals surface area contributed by atoms with Crippen LogP contribution >= 0.6 is 0 Å². The highest BCUT2D eigenvalue weighted by Gasteiger charge is 2.23. The van der Waals surface area contributed by atoms with Gasteiger partial charge in [-0.25, -0.2) is 9.18 Å². The van der Waals surface area contributed by atoms with E-state index < -0.39 is 0 Å². The van der Waals surface area contributed by atoms with Crippen LogP contribution in [0, 0.1) is 11.7 Å². The number of carbonyl (C=O) groups is 2. The van der Waals surface area contributed by atoms with Crippen molar-refractivity contribution in [1.29, 1.82) is 0 Å². The minimum atomic E-state index is -0.277. The quantitative estimate of drug-likeness (QED) is 0.897. The number of nitrogens with one attached hydrogen (secondary N) is 1. The van der Waals surface area contributed by atoms with Gasteiger partial charge in [0.05, 0.1) is 0 Å². The van der Waals surface area contributed by atoms with E-state index in [1.54, 1.807) is 15.9 Å². The van der Waals surface area contributed by atoms with E-state index in [0.29, 0.717) is 51.5 Å². The molecular weight excluding hydrogens is 309 g/mol. The van der Waals surface area contributed by atoms with Gasteiger partial charge in [-0.1, -0.05) is 26.0 Å². The predicted octanol–water partition coefficient (Wildman–Crippen LogP) is 2.27. The maximum absolute atomic E-state index is 13.1. The van der Waals surface area contributed by atoms with Crippen LogP contribution in [0.4, 0.5) is 9.18 Å². The lowest BCUT2D eigenvalue weighted by Crippen LogP contribution is -2.53. The van der Waals surface area contributed by atoms with Gasteiger partial charge in [0.15, 0.2) is 0 Å². The molecule has 0 unspecified atom stereocenters. The first-order valence-corrected chi connectivity index (χ1v) is 8.50. The molecule has 2 rings (SSSR count). The number of piperazine rings is 1. The van der Waals surface area contributed by atoms with E-state index in [-0.39, 0.29) is 17.8 Å². The fourth-order valence-electron chi connectivity index (χ4n) is 2.66. The van der Waals surface area contributed by atoms with Crippen molar-refractivity contribution >= 4 is 11.9 Å². The third-order valence-electron chi connectivity index (χ3n) is 4.10. The summed E-state index contributed by atoms with van der Waals surface area (Å²) in [6.45, 7) is 6.97. The molecule has 132 valence electrons. The predicted molar refractivity (Wildman–Crippen MR) is 91.1 cm³/mol. The van der Waals surface area contributed by atoms with Crippen LogP contribution in [-0.4, -0.2) is 54.5 Å². The fraction of sp³-hybridized carbons (Fsp3) is 0.556. The minimum absolute atomic E-state index is 0.0569. The zero-order valence-corrected chi connectivity index (χ0v) is 14.4. The SMILES string of the molecule is CC(C)CNC(=O)N1CCN(C(=O)CCc2cccc(F)c2)CC1. The van der Waals surface area contributed by atoms with Crippen molar-refractivity contribution < 1.29 is 14.0 Å². The van der Waals surface area contributed by atoms with E-state index in [4.69, 9.17) is 0 Å². The van der Waals surface area contributed by atoms with Gasteiger partial charge < -0.3 is 15.1 Å². The van der Waals surface area contributed by atoms with Gasteiger partial charge in [-0.05, 0) is 30.0 Å². The Morgan fingerprint density at radius 1 is 1.17 bits per heavy atom. The van der Waals surface area contributed by atoms with E-state index in [2.05, 4.69) is 19.2 Å². The first-order valence-electron chi connectivity index (χ1n) is 8.50. The molecule has 0 radical (unpaired) electrons. The van der Waals surface area contributed by atoms with Gasteiger partial charge in [0.25, 0.3) is 0 Å². The average molecular weight is 335 g/mol. The average Bonchev–Trinajstić information content (AvgIpc) is 2.57. The number of rotatable bonds is 5. The van der Waals surface area contributed by atoms with Gasteiger partial charge in [0.2, 0.25) is 5.91 Å². The summed E-state index contributed by atoms with van der Waals surface area (Å²) < 4.78 is 13.1. The number of halogens is 1. The van der Waals surface area contributed by atoms with E-state index >= 15 is 0 Å². The van der Waals surface area contributed by atoms with Crippen molar-refractivity contribution in [3.05, 3.63) is 35.6 Å². The second-order valence-electron chi connectivity index (χ2n) is 6.58. The molecule has 0 bridgehead atoms. The monoisotopic (exact) mass is 335 g/mol. The van der Waals surface area contributed by atoms with Crippen LogP contribution in [-0.2, 0) is 11.2 Å². The van der Waals surface area contributed by atoms with Crippen LogP contribution in [0.15, 0.2) is 24.3 Å². The molecule has 1 aromatic carbocycles. The Hall–Kier alpha value is -2.11. The van der Waals surface area contributed by atoms with Gasteiger partial charge in [0.1, 0.15) is 5.82 Å². The summed E-state index contributed by atoms with van der Waals surface area (Å²) in [4.78, 5) is 27.8. The van der Waals surface area contributed by atoms with Crippen LogP contribution < -0.4 is 5.32 Å². The molecule has 0 aromatic heterocycles. The third kappa shape index (κ3) is 5.51. The van der Waals surface area contributed by atoms with Crippen molar-refractivity contribution in [3.8, 4) is 0 Å². The number of hydrogen-bond donors (Lipinski definition) is 1. The number of hydrogen-bond acceptors (Lipinski definition) is 2. The van der Waals surface area contributed by atoms with Crippen LogP contribution in [0.1, 0.15) is 25.8 Å². The molecular formula is C18H26FN3O2. The Kier molecular flexibility index (Phi) is 6.58. The van der Waals surface area contributed by atoms with Crippen molar-refractivity contribution in [3.63, 3.8) is 0 Å². The van der Waals surface area contributed by atoms with Gasteiger partial charge in [0, 0.05) is 39.1 Å². The molecule has 1 aromatic rings. The highest BCUT2D eigenvalue weighted by atomic mass is 19.1. The van der Waals surface area contributed by atoms with Crippen LogP contribution in [0.5, 0.6) is 0 Å². The Balaban J connectivity index is 1.73. The summed E-state index contributed by atoms with van der Waals surface area (Å²) in [6.07, 6.45) is 0.898. The zero-order chi connectivity index (χ0) is 17.5. The molecule has 1 saturated heterocycles. The highest BCUT2D eigenvalue weighted by Crippen LogP contribution is 2.09. The summed E-state index contributed by atoms with van der Waals surface area (Å²) in [6, 6.07) is 6.28. The van der Waals surface area contributed by atoms with Crippen molar-refractivity contribution in [2.45, 2.75) is 26.7 Å². The summed E-state index contributed by atoms with van der Waals surface area (Å²) in [5.41, 5.74) is 0.829.